The van der Waals surface area contributed by atoms with E-state index in [9.17, 15) is 26.7 Å². The zero-order chi connectivity index (χ0) is 26.3. The topological polar surface area (TPSA) is 84.2 Å². The zero-order valence-electron chi connectivity index (χ0n) is 19.7. The first-order valence-electron chi connectivity index (χ1n) is 10.9. The molecule has 3 aromatic carbocycles. The number of aromatic nitrogens is 2. The molecule has 1 heterocycles. The highest BCUT2D eigenvalue weighted by atomic mass is 32.2. The van der Waals surface area contributed by atoms with Crippen LogP contribution in [0.5, 0.6) is 0 Å². The van der Waals surface area contributed by atoms with E-state index in [1.54, 1.807) is 36.4 Å². The molecule has 10 heteroatoms. The van der Waals surface area contributed by atoms with Crippen molar-refractivity contribution >= 4 is 10.0 Å². The molecule has 0 aliphatic heterocycles. The Labute approximate surface area is 207 Å². The molecule has 4 aromatic rings. The fraction of sp³-hybridized carbons (Fsp3) is 0.192. The number of sulfonamides is 1. The van der Waals surface area contributed by atoms with E-state index >= 15 is 0 Å². The molecule has 0 saturated carbocycles. The third kappa shape index (κ3) is 5.06. The SMILES string of the molecule is CNS(=O)(=O)c1cccc(-c2ccc(-n3cc(C(C)(C)O)nc3-c3ccccc3C(F)(F)F)cc2)c1. The molecule has 0 aliphatic carbocycles. The van der Waals surface area contributed by atoms with Crippen molar-refractivity contribution in [2.75, 3.05) is 7.05 Å². The summed E-state index contributed by atoms with van der Waals surface area (Å²) in [4.78, 5) is 4.48. The second-order valence-corrected chi connectivity index (χ2v) is 10.6. The molecule has 0 bridgehead atoms. The molecule has 1 aromatic heterocycles. The van der Waals surface area contributed by atoms with Gasteiger partial charge >= 0.3 is 6.18 Å². The van der Waals surface area contributed by atoms with Gasteiger partial charge in [-0.2, -0.15) is 13.2 Å². The normalized spacial score (nSPS) is 12.6. The number of hydrogen-bond donors (Lipinski definition) is 2. The number of imidazole rings is 1. The summed E-state index contributed by atoms with van der Waals surface area (Å²) in [6, 6.07) is 18.4. The van der Waals surface area contributed by atoms with Gasteiger partial charge in [0, 0.05) is 17.4 Å². The predicted octanol–water partition coefficient (Wildman–Crippen LogP) is 5.36. The Kier molecular flexibility index (Phi) is 6.54. The van der Waals surface area contributed by atoms with Crippen molar-refractivity contribution in [3.05, 3.63) is 90.3 Å². The minimum absolute atomic E-state index is 0.0370. The molecule has 0 spiro atoms. The Morgan fingerprint density at radius 3 is 2.19 bits per heavy atom. The van der Waals surface area contributed by atoms with Crippen molar-refractivity contribution in [1.82, 2.24) is 14.3 Å². The van der Waals surface area contributed by atoms with E-state index < -0.39 is 27.4 Å². The van der Waals surface area contributed by atoms with Gasteiger partial charge in [0.1, 0.15) is 11.4 Å². The van der Waals surface area contributed by atoms with Crippen LogP contribution in [0.2, 0.25) is 0 Å². The van der Waals surface area contributed by atoms with Crippen molar-refractivity contribution in [3.63, 3.8) is 0 Å². The van der Waals surface area contributed by atoms with E-state index in [2.05, 4.69) is 9.71 Å². The van der Waals surface area contributed by atoms with Gasteiger partial charge in [-0.1, -0.05) is 42.5 Å². The van der Waals surface area contributed by atoms with Crippen LogP contribution in [-0.2, 0) is 21.8 Å². The van der Waals surface area contributed by atoms with Crippen molar-refractivity contribution in [1.29, 1.82) is 0 Å². The van der Waals surface area contributed by atoms with Crippen molar-refractivity contribution in [2.24, 2.45) is 0 Å². The van der Waals surface area contributed by atoms with Crippen LogP contribution >= 0.6 is 0 Å². The summed E-state index contributed by atoms with van der Waals surface area (Å²) < 4.78 is 69.4. The largest absolute Gasteiger partial charge is 0.417 e. The molecule has 0 radical (unpaired) electrons. The maximum absolute atomic E-state index is 13.8. The van der Waals surface area contributed by atoms with Gasteiger partial charge in [0.05, 0.1) is 16.2 Å². The summed E-state index contributed by atoms with van der Waals surface area (Å²) in [5.41, 5.74) is -0.230. The number of alkyl halides is 3. The molecule has 4 rings (SSSR count). The molecule has 0 amide bonds. The van der Waals surface area contributed by atoms with Gasteiger partial charge in [-0.05, 0) is 62.4 Å². The van der Waals surface area contributed by atoms with Gasteiger partial charge in [0.2, 0.25) is 10.0 Å². The lowest BCUT2D eigenvalue weighted by Gasteiger charge is -2.14. The summed E-state index contributed by atoms with van der Waals surface area (Å²) in [5.74, 6) is 0.0370. The van der Waals surface area contributed by atoms with E-state index in [0.717, 1.165) is 6.07 Å². The predicted molar refractivity (Wildman–Crippen MR) is 131 cm³/mol. The van der Waals surface area contributed by atoms with Crippen LogP contribution in [0, 0.1) is 0 Å². The van der Waals surface area contributed by atoms with Crippen LogP contribution in [0.1, 0.15) is 25.1 Å². The molecule has 6 nitrogen and oxygen atoms in total. The first-order valence-corrected chi connectivity index (χ1v) is 12.4. The summed E-state index contributed by atoms with van der Waals surface area (Å²) in [7, 11) is -2.29. The third-order valence-electron chi connectivity index (χ3n) is 5.70. The average Bonchev–Trinajstić information content (AvgIpc) is 3.30. The number of rotatable bonds is 6. The van der Waals surface area contributed by atoms with Gasteiger partial charge in [-0.15, -0.1) is 0 Å². The zero-order valence-corrected chi connectivity index (χ0v) is 20.5. The fourth-order valence-corrected chi connectivity index (χ4v) is 4.54. The quantitative estimate of drug-likeness (QED) is 0.362. The van der Waals surface area contributed by atoms with Crippen LogP contribution in [0.3, 0.4) is 0 Å². The molecular weight excluding hydrogens is 491 g/mol. The number of halogens is 3. The number of aliphatic hydroxyl groups is 1. The minimum atomic E-state index is -4.59. The average molecular weight is 516 g/mol. The number of benzene rings is 3. The number of nitrogens with one attached hydrogen (secondary N) is 1. The van der Waals surface area contributed by atoms with E-state index in [1.165, 1.54) is 62.0 Å². The molecule has 0 unspecified atom stereocenters. The summed E-state index contributed by atoms with van der Waals surface area (Å²) in [6.07, 6.45) is -3.08. The molecule has 36 heavy (non-hydrogen) atoms. The van der Waals surface area contributed by atoms with Gasteiger partial charge < -0.3 is 5.11 Å². The lowest BCUT2D eigenvalue weighted by atomic mass is 10.0. The molecule has 0 saturated heterocycles. The monoisotopic (exact) mass is 515 g/mol. The minimum Gasteiger partial charge on any atom is -0.384 e. The van der Waals surface area contributed by atoms with E-state index in [4.69, 9.17) is 0 Å². The van der Waals surface area contributed by atoms with Crippen LogP contribution in [-0.4, -0.2) is 30.1 Å². The number of nitrogens with zero attached hydrogens (tertiary/aromatic N) is 2. The van der Waals surface area contributed by atoms with Crippen molar-refractivity contribution in [2.45, 2.75) is 30.5 Å². The second kappa shape index (κ2) is 9.20. The van der Waals surface area contributed by atoms with E-state index in [0.29, 0.717) is 16.8 Å². The van der Waals surface area contributed by atoms with E-state index in [1.807, 2.05) is 0 Å². The molecular formula is C26H24F3N3O3S. The van der Waals surface area contributed by atoms with Gasteiger partial charge in [-0.3, -0.25) is 4.57 Å². The lowest BCUT2D eigenvalue weighted by Crippen LogP contribution is -2.18. The van der Waals surface area contributed by atoms with Gasteiger partial charge in [-0.25, -0.2) is 18.1 Å². The van der Waals surface area contributed by atoms with E-state index in [-0.39, 0.29) is 22.0 Å². The Morgan fingerprint density at radius 2 is 1.58 bits per heavy atom. The Balaban J connectivity index is 1.83. The third-order valence-corrected chi connectivity index (χ3v) is 7.11. The highest BCUT2D eigenvalue weighted by molar-refractivity contribution is 7.89. The Bertz CT molecular complexity index is 1500. The maximum atomic E-state index is 13.8. The maximum Gasteiger partial charge on any atom is 0.417 e. The van der Waals surface area contributed by atoms with Crippen molar-refractivity contribution in [3.8, 4) is 28.2 Å². The summed E-state index contributed by atoms with van der Waals surface area (Å²) in [5, 5.41) is 10.5. The van der Waals surface area contributed by atoms with Crippen LogP contribution in [0.15, 0.2) is 83.9 Å². The number of hydrogen-bond acceptors (Lipinski definition) is 4. The molecule has 0 fully saturated rings. The molecule has 0 aliphatic rings. The summed E-state index contributed by atoms with van der Waals surface area (Å²) in [6.45, 7) is 3.02. The highest BCUT2D eigenvalue weighted by Crippen LogP contribution is 2.38. The van der Waals surface area contributed by atoms with Crippen LogP contribution in [0.25, 0.3) is 28.2 Å². The fourth-order valence-electron chi connectivity index (χ4n) is 3.76. The standard InChI is InChI=1S/C26H24F3N3O3S/c1-25(2,33)23-16-32(24(31-23)21-9-4-5-10-22(21)26(27,28)29)19-13-11-17(12-14-19)18-7-6-8-20(15-18)36(34,35)30-3/h4-16,30,33H,1-3H3. The van der Waals surface area contributed by atoms with Gasteiger partial charge in [0.15, 0.2) is 0 Å². The lowest BCUT2D eigenvalue weighted by molar-refractivity contribution is -0.137. The Morgan fingerprint density at radius 1 is 0.917 bits per heavy atom. The highest BCUT2D eigenvalue weighted by Gasteiger charge is 2.35. The first-order chi connectivity index (χ1) is 16.8. The summed E-state index contributed by atoms with van der Waals surface area (Å²) >= 11 is 0. The molecule has 2 N–H and O–H groups in total. The molecule has 0 atom stereocenters. The van der Waals surface area contributed by atoms with Crippen LogP contribution in [0.4, 0.5) is 13.2 Å². The Hall–Kier alpha value is -3.47. The van der Waals surface area contributed by atoms with Crippen LogP contribution < -0.4 is 4.72 Å². The molecule has 188 valence electrons. The van der Waals surface area contributed by atoms with Gasteiger partial charge in [0.25, 0.3) is 0 Å². The first kappa shape index (κ1) is 25.6. The van der Waals surface area contributed by atoms with Crippen molar-refractivity contribution < 1.29 is 26.7 Å². The smallest absolute Gasteiger partial charge is 0.384 e. The second-order valence-electron chi connectivity index (χ2n) is 8.70.